The predicted octanol–water partition coefficient (Wildman–Crippen LogP) is 0.161. The van der Waals surface area contributed by atoms with Gasteiger partial charge in [-0.2, -0.15) is 0 Å². The van der Waals surface area contributed by atoms with Gasteiger partial charge in [-0.05, 0) is 6.92 Å². The van der Waals surface area contributed by atoms with Crippen LogP contribution in [0.3, 0.4) is 0 Å². The van der Waals surface area contributed by atoms with Crippen LogP contribution in [-0.4, -0.2) is 25.7 Å². The Labute approximate surface area is 67.1 Å². The molecule has 3 heteroatoms. The molecule has 0 aromatic rings. The lowest BCUT2D eigenvalue weighted by molar-refractivity contribution is -0.141. The zero-order valence-electron chi connectivity index (χ0n) is 6.89. The number of hydrogen-bond acceptors (Lipinski definition) is 3. The summed E-state index contributed by atoms with van der Waals surface area (Å²) in [6.45, 7) is 2.37. The Kier molecular flexibility index (Phi) is 5.22. The van der Waals surface area contributed by atoms with Crippen molar-refractivity contribution in [1.82, 2.24) is 5.32 Å². The maximum atomic E-state index is 10.7. The van der Waals surface area contributed by atoms with Gasteiger partial charge in [-0.1, -0.05) is 5.92 Å². The highest BCUT2D eigenvalue weighted by Crippen LogP contribution is 1.91. The molecule has 0 aromatic carbocycles. The number of carbonyl (C=O) groups excluding carboxylic acids is 1. The second-order valence-electron chi connectivity index (χ2n) is 2.27. The van der Waals surface area contributed by atoms with Gasteiger partial charge in [0, 0.05) is 6.04 Å². The van der Waals surface area contributed by atoms with Crippen molar-refractivity contribution >= 4 is 5.97 Å². The lowest BCUT2D eigenvalue weighted by atomic mass is 10.2. The SMILES string of the molecule is C#CCNC(C)CC(=O)OC. The molecule has 0 bridgehead atoms. The van der Waals surface area contributed by atoms with Crippen molar-refractivity contribution in [3.63, 3.8) is 0 Å². The first kappa shape index (κ1) is 9.99. The van der Waals surface area contributed by atoms with Gasteiger partial charge < -0.3 is 10.1 Å². The summed E-state index contributed by atoms with van der Waals surface area (Å²) in [7, 11) is 1.37. The van der Waals surface area contributed by atoms with Gasteiger partial charge in [-0.25, -0.2) is 0 Å². The fourth-order valence-corrected chi connectivity index (χ4v) is 0.639. The van der Waals surface area contributed by atoms with E-state index in [1.807, 2.05) is 6.92 Å². The van der Waals surface area contributed by atoms with E-state index < -0.39 is 0 Å². The van der Waals surface area contributed by atoms with Crippen molar-refractivity contribution in [3.8, 4) is 12.3 Å². The summed E-state index contributed by atoms with van der Waals surface area (Å²) in [4.78, 5) is 10.7. The number of methoxy groups -OCH3 is 1. The number of rotatable bonds is 4. The average molecular weight is 155 g/mol. The monoisotopic (exact) mass is 155 g/mol. The number of carbonyl (C=O) groups is 1. The summed E-state index contributed by atoms with van der Waals surface area (Å²) in [5.74, 6) is 2.21. The Balaban J connectivity index is 3.45. The molecule has 1 unspecified atom stereocenters. The molecule has 1 N–H and O–H groups in total. The van der Waals surface area contributed by atoms with Crippen molar-refractivity contribution in [2.24, 2.45) is 0 Å². The Bertz CT molecular complexity index is 160. The van der Waals surface area contributed by atoms with Crippen LogP contribution in [0, 0.1) is 12.3 Å². The Morgan fingerprint density at radius 2 is 2.45 bits per heavy atom. The predicted molar refractivity (Wildman–Crippen MR) is 42.9 cm³/mol. The summed E-state index contributed by atoms with van der Waals surface area (Å²) < 4.78 is 4.47. The molecule has 0 aliphatic rings. The fourth-order valence-electron chi connectivity index (χ4n) is 0.639. The molecule has 11 heavy (non-hydrogen) atoms. The lowest BCUT2D eigenvalue weighted by Crippen LogP contribution is -2.29. The first-order valence-corrected chi connectivity index (χ1v) is 3.44. The van der Waals surface area contributed by atoms with Gasteiger partial charge in [0.25, 0.3) is 0 Å². The van der Waals surface area contributed by atoms with Crippen molar-refractivity contribution in [3.05, 3.63) is 0 Å². The summed E-state index contributed by atoms with van der Waals surface area (Å²) >= 11 is 0. The molecular weight excluding hydrogens is 142 g/mol. The van der Waals surface area contributed by atoms with E-state index in [2.05, 4.69) is 16.0 Å². The lowest BCUT2D eigenvalue weighted by Gasteiger charge is -2.08. The van der Waals surface area contributed by atoms with Crippen LogP contribution in [0.2, 0.25) is 0 Å². The minimum atomic E-state index is -0.220. The first-order valence-electron chi connectivity index (χ1n) is 3.44. The molecule has 0 saturated heterocycles. The molecule has 0 aromatic heterocycles. The van der Waals surface area contributed by atoms with E-state index >= 15 is 0 Å². The quantitative estimate of drug-likeness (QED) is 0.464. The molecule has 0 heterocycles. The maximum Gasteiger partial charge on any atom is 0.307 e. The minimum Gasteiger partial charge on any atom is -0.469 e. The number of ether oxygens (including phenoxy) is 1. The van der Waals surface area contributed by atoms with Gasteiger partial charge in [-0.3, -0.25) is 4.79 Å². The van der Waals surface area contributed by atoms with Crippen LogP contribution in [0.15, 0.2) is 0 Å². The van der Waals surface area contributed by atoms with E-state index in [9.17, 15) is 4.79 Å². The number of esters is 1. The van der Waals surface area contributed by atoms with Crippen LogP contribution in [0.1, 0.15) is 13.3 Å². The maximum absolute atomic E-state index is 10.7. The third-order valence-corrected chi connectivity index (χ3v) is 1.25. The van der Waals surface area contributed by atoms with Gasteiger partial charge in [0.05, 0.1) is 20.1 Å². The molecule has 0 aliphatic heterocycles. The van der Waals surface area contributed by atoms with E-state index in [1.165, 1.54) is 7.11 Å². The Hall–Kier alpha value is -1.01. The second-order valence-corrected chi connectivity index (χ2v) is 2.27. The average Bonchev–Trinajstić information content (AvgIpc) is 2.00. The Morgan fingerprint density at radius 3 is 2.91 bits per heavy atom. The number of terminal acetylenes is 1. The van der Waals surface area contributed by atoms with E-state index in [1.54, 1.807) is 0 Å². The van der Waals surface area contributed by atoms with Crippen molar-refractivity contribution in [2.75, 3.05) is 13.7 Å². The molecular formula is C8H13NO2. The summed E-state index contributed by atoms with van der Waals surface area (Å²) in [6, 6.07) is 0.0819. The normalized spacial score (nSPS) is 11.7. The van der Waals surface area contributed by atoms with E-state index in [4.69, 9.17) is 6.42 Å². The third-order valence-electron chi connectivity index (χ3n) is 1.25. The van der Waals surface area contributed by atoms with Gasteiger partial charge in [-0.15, -0.1) is 6.42 Å². The molecule has 62 valence electrons. The van der Waals surface area contributed by atoms with Gasteiger partial charge in [0.1, 0.15) is 0 Å². The highest BCUT2D eigenvalue weighted by molar-refractivity contribution is 5.69. The standard InChI is InChI=1S/C8H13NO2/c1-4-5-9-7(2)6-8(10)11-3/h1,7,9H,5-6H2,2-3H3. The molecule has 0 fully saturated rings. The van der Waals surface area contributed by atoms with E-state index in [0.717, 1.165) is 0 Å². The van der Waals surface area contributed by atoms with Crippen molar-refractivity contribution in [2.45, 2.75) is 19.4 Å². The fraction of sp³-hybridized carbons (Fsp3) is 0.625. The minimum absolute atomic E-state index is 0.0819. The molecule has 0 saturated carbocycles. The molecule has 3 nitrogen and oxygen atoms in total. The highest BCUT2D eigenvalue weighted by Gasteiger charge is 2.06. The van der Waals surface area contributed by atoms with Crippen LogP contribution in [0.5, 0.6) is 0 Å². The topological polar surface area (TPSA) is 38.3 Å². The van der Waals surface area contributed by atoms with E-state index in [-0.39, 0.29) is 12.0 Å². The molecule has 0 radical (unpaired) electrons. The van der Waals surface area contributed by atoms with Crippen molar-refractivity contribution in [1.29, 1.82) is 0 Å². The van der Waals surface area contributed by atoms with Crippen LogP contribution in [-0.2, 0) is 9.53 Å². The molecule has 0 amide bonds. The number of nitrogens with one attached hydrogen (secondary N) is 1. The zero-order valence-corrected chi connectivity index (χ0v) is 6.89. The van der Waals surface area contributed by atoms with Gasteiger partial charge >= 0.3 is 5.97 Å². The smallest absolute Gasteiger partial charge is 0.307 e. The van der Waals surface area contributed by atoms with Crippen LogP contribution in [0.25, 0.3) is 0 Å². The zero-order chi connectivity index (χ0) is 8.69. The molecule has 0 spiro atoms. The number of hydrogen-bond donors (Lipinski definition) is 1. The molecule has 1 atom stereocenters. The molecule has 0 rings (SSSR count). The van der Waals surface area contributed by atoms with E-state index in [0.29, 0.717) is 13.0 Å². The summed E-state index contributed by atoms with van der Waals surface area (Å²) in [5.41, 5.74) is 0. The summed E-state index contributed by atoms with van der Waals surface area (Å²) in [5, 5.41) is 2.96. The van der Waals surface area contributed by atoms with Gasteiger partial charge in [0.2, 0.25) is 0 Å². The Morgan fingerprint density at radius 1 is 1.82 bits per heavy atom. The van der Waals surface area contributed by atoms with Crippen LogP contribution < -0.4 is 5.32 Å². The van der Waals surface area contributed by atoms with Gasteiger partial charge in [0.15, 0.2) is 0 Å². The third kappa shape index (κ3) is 5.43. The molecule has 0 aliphatic carbocycles. The van der Waals surface area contributed by atoms with Crippen LogP contribution in [0.4, 0.5) is 0 Å². The summed E-state index contributed by atoms with van der Waals surface area (Å²) in [6.07, 6.45) is 5.37. The van der Waals surface area contributed by atoms with Crippen molar-refractivity contribution < 1.29 is 9.53 Å². The first-order chi connectivity index (χ1) is 5.20. The highest BCUT2D eigenvalue weighted by atomic mass is 16.5. The second kappa shape index (κ2) is 5.75. The largest absolute Gasteiger partial charge is 0.469 e. The van der Waals surface area contributed by atoms with Crippen LogP contribution >= 0.6 is 0 Å².